The number of halogens is 1. The molecule has 1 aliphatic rings. The zero-order chi connectivity index (χ0) is 14.3. The SMILES string of the molecule is FC1(c2nc3ccc(-c4ccn[nH]4)cc3[nH]2)CCCNC1. The Morgan fingerprint density at radius 3 is 2.95 bits per heavy atom. The van der Waals surface area contributed by atoms with Crippen LogP contribution in [-0.4, -0.2) is 33.3 Å². The highest BCUT2D eigenvalue weighted by Crippen LogP contribution is 2.32. The predicted molar refractivity (Wildman–Crippen MR) is 78.6 cm³/mol. The number of hydrogen-bond donors (Lipinski definition) is 3. The number of rotatable bonds is 2. The van der Waals surface area contributed by atoms with Crippen LogP contribution >= 0.6 is 0 Å². The van der Waals surface area contributed by atoms with Crippen molar-refractivity contribution >= 4 is 11.0 Å². The van der Waals surface area contributed by atoms with Gasteiger partial charge in [-0.15, -0.1) is 0 Å². The molecule has 21 heavy (non-hydrogen) atoms. The second-order valence-corrected chi connectivity index (χ2v) is 5.53. The van der Waals surface area contributed by atoms with Gasteiger partial charge >= 0.3 is 0 Å². The lowest BCUT2D eigenvalue weighted by atomic mass is 9.95. The van der Waals surface area contributed by atoms with E-state index in [0.29, 0.717) is 18.8 Å². The fourth-order valence-corrected chi connectivity index (χ4v) is 2.88. The molecule has 3 aromatic rings. The van der Waals surface area contributed by atoms with Crippen LogP contribution in [0.1, 0.15) is 18.7 Å². The molecular formula is C15H16FN5. The summed E-state index contributed by atoms with van der Waals surface area (Å²) in [6, 6.07) is 7.74. The van der Waals surface area contributed by atoms with Gasteiger partial charge in [-0.2, -0.15) is 5.10 Å². The third kappa shape index (κ3) is 2.12. The van der Waals surface area contributed by atoms with E-state index in [0.717, 1.165) is 35.3 Å². The van der Waals surface area contributed by atoms with E-state index in [4.69, 9.17) is 0 Å². The summed E-state index contributed by atoms with van der Waals surface area (Å²) in [5.74, 6) is 0.423. The van der Waals surface area contributed by atoms with E-state index in [9.17, 15) is 4.39 Å². The molecule has 1 unspecified atom stereocenters. The molecule has 0 aliphatic carbocycles. The minimum Gasteiger partial charge on any atom is -0.339 e. The van der Waals surface area contributed by atoms with Gasteiger partial charge in [-0.3, -0.25) is 5.10 Å². The first-order valence-electron chi connectivity index (χ1n) is 7.14. The maximum atomic E-state index is 14.9. The summed E-state index contributed by atoms with van der Waals surface area (Å²) in [5.41, 5.74) is 2.17. The third-order valence-corrected chi connectivity index (χ3v) is 4.05. The fraction of sp³-hybridized carbons (Fsp3) is 0.333. The quantitative estimate of drug-likeness (QED) is 0.677. The van der Waals surface area contributed by atoms with Gasteiger partial charge in [0.1, 0.15) is 5.82 Å². The highest BCUT2D eigenvalue weighted by molar-refractivity contribution is 5.81. The number of benzene rings is 1. The molecule has 0 saturated carbocycles. The average molecular weight is 285 g/mol. The zero-order valence-corrected chi connectivity index (χ0v) is 11.5. The number of H-pyrrole nitrogens is 2. The Labute approximate surface area is 121 Å². The summed E-state index contributed by atoms with van der Waals surface area (Å²) < 4.78 is 14.9. The van der Waals surface area contributed by atoms with Crippen LogP contribution in [0.25, 0.3) is 22.3 Å². The second-order valence-electron chi connectivity index (χ2n) is 5.53. The molecule has 5 nitrogen and oxygen atoms in total. The lowest BCUT2D eigenvalue weighted by Crippen LogP contribution is -2.40. The molecule has 1 saturated heterocycles. The highest BCUT2D eigenvalue weighted by Gasteiger charge is 2.36. The van der Waals surface area contributed by atoms with Crippen LogP contribution in [0.2, 0.25) is 0 Å². The Bertz CT molecular complexity index is 756. The molecule has 0 spiro atoms. The number of aromatic amines is 2. The van der Waals surface area contributed by atoms with E-state index in [-0.39, 0.29) is 0 Å². The molecular weight excluding hydrogens is 269 g/mol. The third-order valence-electron chi connectivity index (χ3n) is 4.05. The largest absolute Gasteiger partial charge is 0.339 e. The van der Waals surface area contributed by atoms with Crippen LogP contribution in [-0.2, 0) is 5.67 Å². The number of alkyl halides is 1. The van der Waals surface area contributed by atoms with Gasteiger partial charge in [0.15, 0.2) is 5.67 Å². The highest BCUT2D eigenvalue weighted by atomic mass is 19.1. The standard InChI is InChI=1S/C15H16FN5/c16-15(5-1-6-17-9-15)14-19-12-3-2-10(8-13(12)20-14)11-4-7-18-21-11/h2-4,7-8,17H,1,5-6,9H2,(H,18,21)(H,19,20). The Kier molecular flexibility index (Phi) is 2.78. The maximum Gasteiger partial charge on any atom is 0.180 e. The van der Waals surface area contributed by atoms with Crippen molar-refractivity contribution in [1.29, 1.82) is 0 Å². The van der Waals surface area contributed by atoms with Gasteiger partial charge in [0.05, 0.1) is 16.7 Å². The van der Waals surface area contributed by atoms with E-state index >= 15 is 0 Å². The summed E-state index contributed by atoms with van der Waals surface area (Å²) in [6.45, 7) is 1.19. The molecule has 4 rings (SSSR count). The number of nitrogens with one attached hydrogen (secondary N) is 3. The van der Waals surface area contributed by atoms with Crippen molar-refractivity contribution in [2.24, 2.45) is 0 Å². The van der Waals surface area contributed by atoms with Crippen LogP contribution in [0.5, 0.6) is 0 Å². The predicted octanol–water partition coefficient (Wildman–Crippen LogP) is 2.50. The van der Waals surface area contributed by atoms with Crippen LogP contribution in [0.15, 0.2) is 30.5 Å². The van der Waals surface area contributed by atoms with Gasteiger partial charge in [-0.25, -0.2) is 9.37 Å². The van der Waals surface area contributed by atoms with Gasteiger partial charge in [0.25, 0.3) is 0 Å². The molecule has 0 bridgehead atoms. The number of piperidine rings is 1. The van der Waals surface area contributed by atoms with Gasteiger partial charge < -0.3 is 10.3 Å². The van der Waals surface area contributed by atoms with Crippen molar-refractivity contribution in [3.8, 4) is 11.3 Å². The van der Waals surface area contributed by atoms with Crippen molar-refractivity contribution in [3.05, 3.63) is 36.3 Å². The van der Waals surface area contributed by atoms with Gasteiger partial charge in [0, 0.05) is 18.3 Å². The van der Waals surface area contributed by atoms with E-state index in [2.05, 4.69) is 25.5 Å². The summed E-state index contributed by atoms with van der Waals surface area (Å²) in [4.78, 5) is 7.58. The Balaban J connectivity index is 1.76. The van der Waals surface area contributed by atoms with Gasteiger partial charge in [-0.1, -0.05) is 6.07 Å². The minimum atomic E-state index is -1.40. The summed E-state index contributed by atoms with van der Waals surface area (Å²) in [5, 5.41) is 9.98. The van der Waals surface area contributed by atoms with Crippen molar-refractivity contribution in [3.63, 3.8) is 0 Å². The first-order chi connectivity index (χ1) is 10.2. The molecule has 0 amide bonds. The first kappa shape index (κ1) is 12.5. The number of imidazole rings is 1. The lowest BCUT2D eigenvalue weighted by molar-refractivity contribution is 0.112. The molecule has 6 heteroatoms. The van der Waals surface area contributed by atoms with Crippen LogP contribution in [0.4, 0.5) is 4.39 Å². The van der Waals surface area contributed by atoms with Crippen molar-refractivity contribution in [2.45, 2.75) is 18.5 Å². The topological polar surface area (TPSA) is 69.4 Å². The minimum absolute atomic E-state index is 0.320. The first-order valence-corrected chi connectivity index (χ1v) is 7.14. The lowest BCUT2D eigenvalue weighted by Gasteiger charge is -2.28. The normalized spacial score (nSPS) is 22.7. The number of aromatic nitrogens is 4. The average Bonchev–Trinajstić information content (AvgIpc) is 3.17. The second kappa shape index (κ2) is 4.66. The smallest absolute Gasteiger partial charge is 0.180 e. The molecule has 1 aromatic carbocycles. The number of hydrogen-bond acceptors (Lipinski definition) is 3. The Hall–Kier alpha value is -2.21. The van der Waals surface area contributed by atoms with Crippen molar-refractivity contribution in [1.82, 2.24) is 25.5 Å². The molecule has 2 aromatic heterocycles. The van der Waals surface area contributed by atoms with Crippen LogP contribution in [0, 0.1) is 0 Å². The van der Waals surface area contributed by atoms with Gasteiger partial charge in [-0.05, 0) is 37.6 Å². The summed E-state index contributed by atoms with van der Waals surface area (Å²) in [6.07, 6.45) is 3.04. The van der Waals surface area contributed by atoms with E-state index in [1.807, 2.05) is 24.3 Å². The molecule has 0 radical (unpaired) electrons. The molecule has 3 heterocycles. The Morgan fingerprint density at radius 1 is 1.24 bits per heavy atom. The molecule has 1 fully saturated rings. The summed E-state index contributed by atoms with van der Waals surface area (Å²) >= 11 is 0. The molecule has 108 valence electrons. The molecule has 1 atom stereocenters. The number of fused-ring (bicyclic) bond motifs is 1. The van der Waals surface area contributed by atoms with E-state index in [1.165, 1.54) is 0 Å². The maximum absolute atomic E-state index is 14.9. The molecule has 1 aliphatic heterocycles. The van der Waals surface area contributed by atoms with Crippen molar-refractivity contribution in [2.75, 3.05) is 13.1 Å². The Morgan fingerprint density at radius 2 is 2.19 bits per heavy atom. The monoisotopic (exact) mass is 285 g/mol. The van der Waals surface area contributed by atoms with Crippen LogP contribution < -0.4 is 5.32 Å². The molecule has 3 N–H and O–H groups in total. The van der Waals surface area contributed by atoms with E-state index < -0.39 is 5.67 Å². The zero-order valence-electron chi connectivity index (χ0n) is 11.5. The van der Waals surface area contributed by atoms with Crippen molar-refractivity contribution < 1.29 is 4.39 Å². The van der Waals surface area contributed by atoms with Crippen LogP contribution in [0.3, 0.4) is 0 Å². The summed E-state index contributed by atoms with van der Waals surface area (Å²) in [7, 11) is 0. The number of nitrogens with zero attached hydrogens (tertiary/aromatic N) is 2. The van der Waals surface area contributed by atoms with E-state index in [1.54, 1.807) is 6.20 Å². The fourth-order valence-electron chi connectivity index (χ4n) is 2.88. The van der Waals surface area contributed by atoms with Gasteiger partial charge in [0.2, 0.25) is 0 Å².